The van der Waals surface area contributed by atoms with Crippen LogP contribution in [0, 0.1) is 12.7 Å². The van der Waals surface area contributed by atoms with Gasteiger partial charge >= 0.3 is 0 Å². The van der Waals surface area contributed by atoms with E-state index in [1.165, 1.54) is 6.07 Å². The van der Waals surface area contributed by atoms with Crippen LogP contribution in [0.15, 0.2) is 18.2 Å². The van der Waals surface area contributed by atoms with Crippen molar-refractivity contribution in [2.75, 3.05) is 18.1 Å². The van der Waals surface area contributed by atoms with Gasteiger partial charge in [0.05, 0.1) is 17.1 Å². The molecule has 0 aliphatic carbocycles. The average Bonchev–Trinajstić information content (AvgIpc) is 2.75. The fourth-order valence-electron chi connectivity index (χ4n) is 3.45. The Morgan fingerprint density at radius 1 is 1.45 bits per heavy atom. The molecule has 1 spiro atoms. The summed E-state index contributed by atoms with van der Waals surface area (Å²) in [5.41, 5.74) is 1.49. The number of hydrogen-bond donors (Lipinski definition) is 1. The van der Waals surface area contributed by atoms with Gasteiger partial charge in [0.15, 0.2) is 9.84 Å². The summed E-state index contributed by atoms with van der Waals surface area (Å²) in [6.07, 6.45) is 2.16. The molecular formula is C16H22FNO3S. The molecule has 0 aromatic heterocycles. The number of ether oxygens (including phenoxy) is 1. The molecular weight excluding hydrogens is 305 g/mol. The molecule has 2 aliphatic rings. The molecule has 2 atom stereocenters. The predicted molar refractivity (Wildman–Crippen MR) is 83.0 cm³/mol. The molecule has 2 heterocycles. The van der Waals surface area contributed by atoms with Gasteiger partial charge in [-0.3, -0.25) is 0 Å². The molecule has 22 heavy (non-hydrogen) atoms. The molecule has 0 radical (unpaired) electrons. The Labute approximate surface area is 131 Å². The van der Waals surface area contributed by atoms with Crippen LogP contribution in [0.1, 0.15) is 30.4 Å². The molecule has 0 amide bonds. The Bertz CT molecular complexity index is 661. The molecule has 2 saturated heterocycles. The monoisotopic (exact) mass is 327 g/mol. The summed E-state index contributed by atoms with van der Waals surface area (Å²) in [7, 11) is -2.96. The first-order valence-electron chi connectivity index (χ1n) is 7.70. The second-order valence-corrected chi connectivity index (χ2v) is 8.70. The second-order valence-electron chi connectivity index (χ2n) is 6.51. The van der Waals surface area contributed by atoms with E-state index in [9.17, 15) is 12.8 Å². The Kier molecular flexibility index (Phi) is 4.27. The van der Waals surface area contributed by atoms with E-state index in [0.717, 1.165) is 17.5 Å². The SMILES string of the molecule is Cc1ccc(F)cc1CN[C@H]1CCO[C@@]2(CCS(=O)(=O)C2)C1. The van der Waals surface area contributed by atoms with E-state index < -0.39 is 15.4 Å². The van der Waals surface area contributed by atoms with Crippen molar-refractivity contribution in [3.8, 4) is 0 Å². The number of rotatable bonds is 3. The first-order valence-corrected chi connectivity index (χ1v) is 9.52. The number of hydrogen-bond acceptors (Lipinski definition) is 4. The number of sulfone groups is 1. The lowest BCUT2D eigenvalue weighted by Gasteiger charge is -2.37. The van der Waals surface area contributed by atoms with Crippen molar-refractivity contribution < 1.29 is 17.5 Å². The van der Waals surface area contributed by atoms with Gasteiger partial charge in [0, 0.05) is 19.2 Å². The lowest BCUT2D eigenvalue weighted by Crippen LogP contribution is -2.47. The highest BCUT2D eigenvalue weighted by atomic mass is 32.2. The molecule has 0 unspecified atom stereocenters. The van der Waals surface area contributed by atoms with Crippen LogP contribution in [0.5, 0.6) is 0 Å². The number of halogens is 1. The summed E-state index contributed by atoms with van der Waals surface area (Å²) >= 11 is 0. The fraction of sp³-hybridized carbons (Fsp3) is 0.625. The van der Waals surface area contributed by atoms with Gasteiger partial charge in [-0.25, -0.2) is 12.8 Å². The third-order valence-electron chi connectivity index (χ3n) is 4.74. The molecule has 0 bridgehead atoms. The zero-order valence-electron chi connectivity index (χ0n) is 12.8. The largest absolute Gasteiger partial charge is 0.374 e. The highest BCUT2D eigenvalue weighted by Gasteiger charge is 2.46. The minimum absolute atomic E-state index is 0.136. The van der Waals surface area contributed by atoms with Gasteiger partial charge in [-0.15, -0.1) is 0 Å². The third kappa shape index (κ3) is 3.50. The van der Waals surface area contributed by atoms with Crippen LogP contribution in [0.2, 0.25) is 0 Å². The van der Waals surface area contributed by atoms with Crippen LogP contribution in [0.4, 0.5) is 4.39 Å². The van der Waals surface area contributed by atoms with Crippen LogP contribution >= 0.6 is 0 Å². The molecule has 1 aromatic rings. The molecule has 122 valence electrons. The zero-order valence-corrected chi connectivity index (χ0v) is 13.6. The average molecular weight is 327 g/mol. The van der Waals surface area contributed by atoms with Gasteiger partial charge < -0.3 is 10.1 Å². The Balaban J connectivity index is 1.63. The van der Waals surface area contributed by atoms with Crippen LogP contribution < -0.4 is 5.32 Å². The summed E-state index contributed by atoms with van der Waals surface area (Å²) < 4.78 is 42.6. The number of aryl methyl sites for hydroxylation is 1. The van der Waals surface area contributed by atoms with Gasteiger partial charge in [0.25, 0.3) is 0 Å². The van der Waals surface area contributed by atoms with Crippen LogP contribution in [0.3, 0.4) is 0 Å². The fourth-order valence-corrected chi connectivity index (χ4v) is 5.42. The zero-order chi connectivity index (χ0) is 15.8. The normalized spacial score (nSPS) is 30.7. The molecule has 2 fully saturated rings. The van der Waals surface area contributed by atoms with Crippen LogP contribution in [-0.2, 0) is 21.1 Å². The van der Waals surface area contributed by atoms with Crippen molar-refractivity contribution in [1.82, 2.24) is 5.32 Å². The molecule has 1 aromatic carbocycles. The summed E-state index contributed by atoms with van der Waals surface area (Å²) in [6.45, 7) is 3.14. The van der Waals surface area contributed by atoms with Crippen LogP contribution in [-0.4, -0.2) is 38.2 Å². The Morgan fingerprint density at radius 2 is 2.27 bits per heavy atom. The maximum atomic E-state index is 13.3. The van der Waals surface area contributed by atoms with Gasteiger partial charge in [0.1, 0.15) is 5.82 Å². The minimum atomic E-state index is -2.96. The van der Waals surface area contributed by atoms with E-state index in [4.69, 9.17) is 4.74 Å². The summed E-state index contributed by atoms with van der Waals surface area (Å²) in [5, 5.41) is 3.44. The van der Waals surface area contributed by atoms with Gasteiger partial charge in [0.2, 0.25) is 0 Å². The maximum absolute atomic E-state index is 13.3. The van der Waals surface area contributed by atoms with Crippen molar-refractivity contribution in [3.05, 3.63) is 35.1 Å². The van der Waals surface area contributed by atoms with E-state index in [-0.39, 0.29) is 23.4 Å². The van der Waals surface area contributed by atoms with E-state index in [1.54, 1.807) is 12.1 Å². The standard InChI is InChI=1S/C16H22FNO3S/c1-12-2-3-14(17)8-13(12)10-18-15-4-6-21-16(9-15)5-7-22(19,20)11-16/h2-3,8,15,18H,4-7,9-11H2,1H3/t15-,16-/m0/s1. The Morgan fingerprint density at radius 3 is 3.00 bits per heavy atom. The first kappa shape index (κ1) is 15.9. The molecule has 2 aliphatic heterocycles. The smallest absolute Gasteiger partial charge is 0.153 e. The molecule has 1 N–H and O–H groups in total. The molecule has 3 rings (SSSR count). The van der Waals surface area contributed by atoms with Crippen molar-refractivity contribution in [2.24, 2.45) is 0 Å². The van der Waals surface area contributed by atoms with Crippen molar-refractivity contribution in [2.45, 2.75) is 44.4 Å². The minimum Gasteiger partial charge on any atom is -0.374 e. The summed E-state index contributed by atoms with van der Waals surface area (Å²) in [6, 6.07) is 5.01. The quantitative estimate of drug-likeness (QED) is 0.922. The number of nitrogens with one attached hydrogen (secondary N) is 1. The predicted octanol–water partition coefficient (Wildman–Crippen LogP) is 1.96. The van der Waals surface area contributed by atoms with Gasteiger partial charge in [-0.1, -0.05) is 6.07 Å². The molecule has 6 heteroatoms. The van der Waals surface area contributed by atoms with E-state index >= 15 is 0 Å². The van der Waals surface area contributed by atoms with Crippen LogP contribution in [0.25, 0.3) is 0 Å². The summed E-state index contributed by atoms with van der Waals surface area (Å²) in [5.74, 6) is 0.132. The van der Waals surface area contributed by atoms with Crippen molar-refractivity contribution >= 4 is 9.84 Å². The third-order valence-corrected chi connectivity index (χ3v) is 6.53. The first-order chi connectivity index (χ1) is 10.4. The molecule has 0 saturated carbocycles. The summed E-state index contributed by atoms with van der Waals surface area (Å²) in [4.78, 5) is 0. The van der Waals surface area contributed by atoms with Gasteiger partial charge in [-0.05, 0) is 49.4 Å². The van der Waals surface area contributed by atoms with E-state index in [0.29, 0.717) is 26.0 Å². The maximum Gasteiger partial charge on any atom is 0.153 e. The molecule has 4 nitrogen and oxygen atoms in total. The lowest BCUT2D eigenvalue weighted by molar-refractivity contribution is -0.0705. The van der Waals surface area contributed by atoms with Gasteiger partial charge in [-0.2, -0.15) is 0 Å². The second kappa shape index (κ2) is 5.91. The topological polar surface area (TPSA) is 55.4 Å². The highest BCUT2D eigenvalue weighted by molar-refractivity contribution is 7.91. The van der Waals surface area contributed by atoms with Crippen molar-refractivity contribution in [1.29, 1.82) is 0 Å². The van der Waals surface area contributed by atoms with E-state index in [2.05, 4.69) is 5.32 Å². The van der Waals surface area contributed by atoms with Crippen molar-refractivity contribution in [3.63, 3.8) is 0 Å². The number of benzene rings is 1. The Hall–Kier alpha value is -0.980. The highest BCUT2D eigenvalue weighted by Crippen LogP contribution is 2.35. The van der Waals surface area contributed by atoms with E-state index in [1.807, 2.05) is 6.92 Å². The lowest BCUT2D eigenvalue weighted by atomic mass is 9.89.